The maximum absolute atomic E-state index is 2.28. The van der Waals surface area contributed by atoms with Crippen LogP contribution in [-0.2, 0) is 13.6 Å². The molecule has 0 atom stereocenters. The molecule has 1 aliphatic carbocycles. The highest BCUT2D eigenvalue weighted by atomic mass is 14.9. The van der Waals surface area contributed by atoms with Gasteiger partial charge in [-0.15, -0.1) is 0 Å². The molecule has 0 fully saturated rings. The SMILES string of the molecule is C[n+]1ccc(-c2cc[n+](CCCC3C=CC=C3)cc2)cc1. The van der Waals surface area contributed by atoms with Gasteiger partial charge >= 0.3 is 0 Å². The first kappa shape index (κ1) is 13.7. The van der Waals surface area contributed by atoms with Crippen LogP contribution in [0.15, 0.2) is 73.4 Å². The number of allylic oxidation sites excluding steroid dienone is 4. The molecule has 0 N–H and O–H groups in total. The number of aromatic nitrogens is 2. The zero-order valence-corrected chi connectivity index (χ0v) is 12.5. The number of aryl methyl sites for hydroxylation is 2. The molecule has 2 aromatic rings. The monoisotopic (exact) mass is 278 g/mol. The number of hydrogen-bond acceptors (Lipinski definition) is 0. The van der Waals surface area contributed by atoms with Gasteiger partial charge in [-0.05, 0) is 23.5 Å². The van der Waals surface area contributed by atoms with Crippen LogP contribution in [0.3, 0.4) is 0 Å². The second kappa shape index (κ2) is 6.49. The van der Waals surface area contributed by atoms with Crippen molar-refractivity contribution in [2.45, 2.75) is 19.4 Å². The van der Waals surface area contributed by atoms with E-state index in [9.17, 15) is 0 Å². The van der Waals surface area contributed by atoms with Gasteiger partial charge in [-0.3, -0.25) is 0 Å². The van der Waals surface area contributed by atoms with Crippen molar-refractivity contribution in [1.29, 1.82) is 0 Å². The standard InChI is InChI=1S/C19H22N2/c1-20-13-8-18(9-14-20)19-10-15-21(16-11-19)12-4-7-17-5-2-3-6-17/h2-3,5-6,8-11,13-17H,4,7,12H2,1H3/q+2. The number of pyridine rings is 2. The minimum absolute atomic E-state index is 0.648. The van der Waals surface area contributed by atoms with Crippen LogP contribution in [0.4, 0.5) is 0 Å². The van der Waals surface area contributed by atoms with Crippen molar-refractivity contribution in [3.05, 3.63) is 73.4 Å². The highest BCUT2D eigenvalue weighted by Gasteiger charge is 2.07. The Morgan fingerprint density at radius 1 is 0.857 bits per heavy atom. The predicted octanol–water partition coefficient (Wildman–Crippen LogP) is 2.99. The molecule has 0 bridgehead atoms. The van der Waals surface area contributed by atoms with E-state index in [1.54, 1.807) is 0 Å². The minimum Gasteiger partial charge on any atom is -0.208 e. The van der Waals surface area contributed by atoms with Gasteiger partial charge in [0.05, 0.1) is 0 Å². The molecule has 0 saturated heterocycles. The smallest absolute Gasteiger partial charge is 0.169 e. The molecule has 0 aromatic carbocycles. The van der Waals surface area contributed by atoms with Crippen molar-refractivity contribution in [3.8, 4) is 11.1 Å². The summed E-state index contributed by atoms with van der Waals surface area (Å²) in [5.74, 6) is 0.648. The van der Waals surface area contributed by atoms with Crippen molar-refractivity contribution in [3.63, 3.8) is 0 Å². The number of hydrogen-bond donors (Lipinski definition) is 0. The van der Waals surface area contributed by atoms with Crippen LogP contribution in [0.2, 0.25) is 0 Å². The van der Waals surface area contributed by atoms with E-state index in [1.807, 2.05) is 7.05 Å². The average Bonchev–Trinajstić information content (AvgIpc) is 3.02. The van der Waals surface area contributed by atoms with Gasteiger partial charge in [-0.25, -0.2) is 9.13 Å². The zero-order valence-electron chi connectivity index (χ0n) is 12.5. The van der Waals surface area contributed by atoms with Crippen LogP contribution in [0.25, 0.3) is 11.1 Å². The summed E-state index contributed by atoms with van der Waals surface area (Å²) in [6, 6.07) is 8.70. The van der Waals surface area contributed by atoms with Gasteiger partial charge in [-0.1, -0.05) is 24.3 Å². The molecule has 0 unspecified atom stereocenters. The fourth-order valence-electron chi connectivity index (χ4n) is 2.67. The molecule has 0 amide bonds. The predicted molar refractivity (Wildman–Crippen MR) is 84.3 cm³/mol. The lowest BCUT2D eigenvalue weighted by molar-refractivity contribution is -0.697. The molecule has 2 nitrogen and oxygen atoms in total. The zero-order chi connectivity index (χ0) is 14.5. The highest BCUT2D eigenvalue weighted by molar-refractivity contribution is 5.60. The molecule has 2 heterocycles. The summed E-state index contributed by atoms with van der Waals surface area (Å²) < 4.78 is 4.33. The Hall–Kier alpha value is -2.22. The summed E-state index contributed by atoms with van der Waals surface area (Å²) in [6.07, 6.45) is 19.8. The molecule has 2 heteroatoms. The molecule has 1 aliphatic rings. The van der Waals surface area contributed by atoms with Crippen LogP contribution in [0.5, 0.6) is 0 Å². The molecule has 2 aromatic heterocycles. The molecule has 0 saturated carbocycles. The molecule has 106 valence electrons. The number of nitrogens with zero attached hydrogens (tertiary/aromatic N) is 2. The van der Waals surface area contributed by atoms with E-state index < -0.39 is 0 Å². The highest BCUT2D eigenvalue weighted by Crippen LogP contribution is 2.16. The molecular formula is C19H22N2+2. The summed E-state index contributed by atoms with van der Waals surface area (Å²) in [4.78, 5) is 0. The molecule has 0 aliphatic heterocycles. The largest absolute Gasteiger partial charge is 0.208 e. The van der Waals surface area contributed by atoms with Gasteiger partial charge in [0, 0.05) is 30.7 Å². The van der Waals surface area contributed by atoms with Gasteiger partial charge < -0.3 is 0 Å². The fourth-order valence-corrected chi connectivity index (χ4v) is 2.67. The molecule has 21 heavy (non-hydrogen) atoms. The maximum atomic E-state index is 2.28. The summed E-state index contributed by atoms with van der Waals surface area (Å²) in [5.41, 5.74) is 2.54. The van der Waals surface area contributed by atoms with E-state index >= 15 is 0 Å². The van der Waals surface area contributed by atoms with Crippen molar-refractivity contribution in [1.82, 2.24) is 0 Å². The van der Waals surface area contributed by atoms with E-state index in [0.717, 1.165) is 6.54 Å². The van der Waals surface area contributed by atoms with E-state index in [0.29, 0.717) is 5.92 Å². The summed E-state index contributed by atoms with van der Waals surface area (Å²) in [5, 5.41) is 0. The fraction of sp³-hybridized carbons (Fsp3) is 0.263. The van der Waals surface area contributed by atoms with Crippen LogP contribution in [0.1, 0.15) is 12.8 Å². The van der Waals surface area contributed by atoms with Crippen molar-refractivity contribution in [2.24, 2.45) is 13.0 Å². The summed E-state index contributed by atoms with van der Waals surface area (Å²) >= 11 is 0. The Balaban J connectivity index is 1.57. The lowest BCUT2D eigenvalue weighted by Gasteiger charge is -2.03. The van der Waals surface area contributed by atoms with E-state index in [1.165, 1.54) is 24.0 Å². The molecule has 3 rings (SSSR count). The Morgan fingerprint density at radius 3 is 2.05 bits per heavy atom. The third-order valence-electron chi connectivity index (χ3n) is 3.98. The van der Waals surface area contributed by atoms with E-state index in [-0.39, 0.29) is 0 Å². The summed E-state index contributed by atoms with van der Waals surface area (Å²) in [6.45, 7) is 1.09. The third kappa shape index (κ3) is 3.66. The van der Waals surface area contributed by atoms with Crippen molar-refractivity contribution < 1.29 is 9.13 Å². The Kier molecular flexibility index (Phi) is 4.25. The van der Waals surface area contributed by atoms with Gasteiger partial charge in [0.25, 0.3) is 0 Å². The van der Waals surface area contributed by atoms with E-state index in [2.05, 4.69) is 82.5 Å². The van der Waals surface area contributed by atoms with Gasteiger partial charge in [0.1, 0.15) is 13.6 Å². The van der Waals surface area contributed by atoms with Gasteiger partial charge in [0.15, 0.2) is 24.8 Å². The van der Waals surface area contributed by atoms with E-state index in [4.69, 9.17) is 0 Å². The second-order valence-corrected chi connectivity index (χ2v) is 5.65. The Labute approximate surface area is 126 Å². The minimum atomic E-state index is 0.648. The summed E-state index contributed by atoms with van der Waals surface area (Å²) in [7, 11) is 2.04. The Morgan fingerprint density at radius 2 is 1.43 bits per heavy atom. The Bertz CT molecular complexity index is 624. The lowest BCUT2D eigenvalue weighted by Crippen LogP contribution is -2.32. The quantitative estimate of drug-likeness (QED) is 0.743. The topological polar surface area (TPSA) is 7.76 Å². The average molecular weight is 278 g/mol. The third-order valence-corrected chi connectivity index (χ3v) is 3.98. The van der Waals surface area contributed by atoms with Crippen molar-refractivity contribution >= 4 is 0 Å². The molecular weight excluding hydrogens is 256 g/mol. The molecule has 0 radical (unpaired) electrons. The van der Waals surface area contributed by atoms with Gasteiger partial charge in [-0.2, -0.15) is 0 Å². The first-order chi connectivity index (χ1) is 10.3. The van der Waals surface area contributed by atoms with Crippen LogP contribution < -0.4 is 9.13 Å². The normalized spacial score (nSPS) is 14.0. The molecule has 0 spiro atoms. The first-order valence-electron chi connectivity index (χ1n) is 7.61. The number of rotatable bonds is 5. The second-order valence-electron chi connectivity index (χ2n) is 5.65. The van der Waals surface area contributed by atoms with Crippen LogP contribution in [-0.4, -0.2) is 0 Å². The maximum Gasteiger partial charge on any atom is 0.169 e. The van der Waals surface area contributed by atoms with Crippen LogP contribution >= 0.6 is 0 Å². The lowest BCUT2D eigenvalue weighted by atomic mass is 10.1. The first-order valence-corrected chi connectivity index (χ1v) is 7.61. The van der Waals surface area contributed by atoms with Gasteiger partial charge in [0.2, 0.25) is 0 Å². The van der Waals surface area contributed by atoms with Crippen LogP contribution in [0, 0.1) is 5.92 Å². The van der Waals surface area contributed by atoms with Crippen molar-refractivity contribution in [2.75, 3.05) is 0 Å².